The minimum atomic E-state index is -1.90. The first-order valence-electron chi connectivity index (χ1n) is 10.8. The van der Waals surface area contributed by atoms with Gasteiger partial charge < -0.3 is 9.84 Å². The van der Waals surface area contributed by atoms with Crippen LogP contribution in [0.15, 0.2) is 35.5 Å². The van der Waals surface area contributed by atoms with Crippen molar-refractivity contribution in [3.05, 3.63) is 35.5 Å². The zero-order valence-corrected chi connectivity index (χ0v) is 17.7. The molecule has 0 unspecified atom stereocenters. The van der Waals surface area contributed by atoms with Gasteiger partial charge in [0.1, 0.15) is 0 Å². The number of ether oxygens (including phenoxy) is 1. The molecule has 2 fully saturated rings. The number of alkyl halides is 1. The van der Waals surface area contributed by atoms with Crippen LogP contribution in [0.3, 0.4) is 0 Å². The number of halogens is 1. The minimum absolute atomic E-state index is 0.120. The second kappa shape index (κ2) is 6.98. The molecule has 0 aromatic heterocycles. The van der Waals surface area contributed by atoms with Gasteiger partial charge in [-0.1, -0.05) is 31.6 Å². The molecule has 0 aromatic rings. The first-order chi connectivity index (χ1) is 14.1. The van der Waals surface area contributed by atoms with E-state index in [-0.39, 0.29) is 36.9 Å². The van der Waals surface area contributed by atoms with Gasteiger partial charge >= 0.3 is 5.97 Å². The number of hydrogen-bond acceptors (Lipinski definition) is 5. The van der Waals surface area contributed by atoms with Gasteiger partial charge in [-0.05, 0) is 50.7 Å². The van der Waals surface area contributed by atoms with Crippen molar-refractivity contribution < 1.29 is 28.6 Å². The van der Waals surface area contributed by atoms with Crippen molar-refractivity contribution >= 4 is 17.5 Å². The smallest absolute Gasteiger partial charge is 0.305 e. The molecular formula is C24H29FO5. The molecule has 0 aliphatic heterocycles. The molecule has 30 heavy (non-hydrogen) atoms. The maximum atomic E-state index is 16.9. The lowest BCUT2D eigenvalue weighted by atomic mass is 9.45. The molecule has 1 N–H and O–H groups in total. The van der Waals surface area contributed by atoms with Crippen LogP contribution in [-0.2, 0) is 19.1 Å². The fraction of sp³-hybridized carbons (Fsp3) is 0.625. The van der Waals surface area contributed by atoms with Gasteiger partial charge in [0.05, 0.1) is 6.10 Å². The third-order valence-electron chi connectivity index (χ3n) is 8.18. The molecule has 4 aliphatic rings. The molecule has 2 saturated carbocycles. The molecule has 4 aliphatic carbocycles. The van der Waals surface area contributed by atoms with E-state index in [0.717, 1.165) is 5.57 Å². The van der Waals surface area contributed by atoms with E-state index in [1.165, 1.54) is 12.2 Å². The minimum Gasteiger partial charge on any atom is -0.457 e. The van der Waals surface area contributed by atoms with Crippen LogP contribution < -0.4 is 0 Å². The Morgan fingerprint density at radius 1 is 1.30 bits per heavy atom. The highest BCUT2D eigenvalue weighted by Gasteiger charge is 2.69. The van der Waals surface area contributed by atoms with Gasteiger partial charge in [0.15, 0.2) is 23.8 Å². The van der Waals surface area contributed by atoms with Gasteiger partial charge in [-0.2, -0.15) is 0 Å². The Labute approximate surface area is 176 Å². The summed E-state index contributed by atoms with van der Waals surface area (Å²) in [4.78, 5) is 36.1. The number of ketones is 2. The van der Waals surface area contributed by atoms with Crippen LogP contribution in [-0.4, -0.2) is 41.0 Å². The summed E-state index contributed by atoms with van der Waals surface area (Å²) in [6, 6.07) is 0. The molecule has 0 radical (unpaired) electrons. The van der Waals surface area contributed by atoms with Crippen LogP contribution in [0.1, 0.15) is 52.9 Å². The molecule has 0 saturated heterocycles. The summed E-state index contributed by atoms with van der Waals surface area (Å²) in [6.45, 7) is 5.04. The number of hydrogen-bond donors (Lipinski definition) is 1. The van der Waals surface area contributed by atoms with Crippen molar-refractivity contribution in [3.8, 4) is 0 Å². The van der Waals surface area contributed by atoms with E-state index in [1.807, 2.05) is 13.0 Å². The van der Waals surface area contributed by atoms with Gasteiger partial charge in [-0.25, -0.2) is 4.39 Å². The quantitative estimate of drug-likeness (QED) is 0.711. The first-order valence-corrected chi connectivity index (χ1v) is 10.8. The fourth-order valence-corrected chi connectivity index (χ4v) is 6.54. The van der Waals surface area contributed by atoms with Crippen molar-refractivity contribution in [2.24, 2.45) is 22.7 Å². The second-order valence-electron chi connectivity index (χ2n) is 9.56. The van der Waals surface area contributed by atoms with Gasteiger partial charge in [-0.15, -0.1) is 0 Å². The summed E-state index contributed by atoms with van der Waals surface area (Å²) in [5.74, 6) is -1.42. The Balaban J connectivity index is 1.65. The van der Waals surface area contributed by atoms with Crippen molar-refractivity contribution in [2.45, 2.75) is 64.6 Å². The van der Waals surface area contributed by atoms with E-state index in [0.29, 0.717) is 24.8 Å². The van der Waals surface area contributed by atoms with E-state index in [4.69, 9.17) is 4.74 Å². The number of carbonyl (C=O) groups excluding carboxylic acids is 3. The van der Waals surface area contributed by atoms with Gasteiger partial charge in [-0.3, -0.25) is 14.4 Å². The Kier molecular flexibility index (Phi) is 4.92. The molecule has 162 valence electrons. The van der Waals surface area contributed by atoms with Crippen molar-refractivity contribution in [3.63, 3.8) is 0 Å². The molecule has 5 nitrogen and oxygen atoms in total. The normalized spacial score (nSPS) is 41.9. The lowest BCUT2D eigenvalue weighted by Gasteiger charge is -2.61. The lowest BCUT2D eigenvalue weighted by molar-refractivity contribution is -0.185. The predicted molar refractivity (Wildman–Crippen MR) is 108 cm³/mol. The molecule has 0 bridgehead atoms. The monoisotopic (exact) mass is 416 g/mol. The van der Waals surface area contributed by atoms with E-state index in [1.54, 1.807) is 19.9 Å². The molecule has 0 aromatic carbocycles. The molecule has 6 heteroatoms. The van der Waals surface area contributed by atoms with E-state index >= 15 is 4.39 Å². The highest BCUT2D eigenvalue weighted by atomic mass is 19.1. The predicted octanol–water partition coefficient (Wildman–Crippen LogP) is 3.42. The van der Waals surface area contributed by atoms with Gasteiger partial charge in [0.2, 0.25) is 0 Å². The Morgan fingerprint density at radius 2 is 2.03 bits per heavy atom. The largest absolute Gasteiger partial charge is 0.457 e. The first kappa shape index (κ1) is 21.2. The van der Waals surface area contributed by atoms with E-state index in [2.05, 4.69) is 0 Å². The number of esters is 1. The average Bonchev–Trinajstić information content (AvgIpc) is 3.04. The topological polar surface area (TPSA) is 80.7 Å². The summed E-state index contributed by atoms with van der Waals surface area (Å²) in [7, 11) is 0. The molecule has 0 spiro atoms. The molecule has 4 rings (SSSR count). The van der Waals surface area contributed by atoms with Crippen LogP contribution in [0.4, 0.5) is 4.39 Å². The van der Waals surface area contributed by atoms with Crippen molar-refractivity contribution in [2.75, 3.05) is 6.61 Å². The Bertz CT molecular complexity index is 901. The number of rotatable bonds is 4. The third kappa shape index (κ3) is 2.72. The Morgan fingerprint density at radius 3 is 2.73 bits per heavy atom. The van der Waals surface area contributed by atoms with Crippen LogP contribution in [0.2, 0.25) is 0 Å². The third-order valence-corrected chi connectivity index (χ3v) is 8.18. The zero-order chi connectivity index (χ0) is 21.9. The number of fused-ring (bicyclic) bond motifs is 5. The van der Waals surface area contributed by atoms with Crippen LogP contribution >= 0.6 is 0 Å². The van der Waals surface area contributed by atoms with Gasteiger partial charge in [0.25, 0.3) is 0 Å². The molecule has 0 heterocycles. The van der Waals surface area contributed by atoms with Crippen molar-refractivity contribution in [1.82, 2.24) is 0 Å². The summed E-state index contributed by atoms with van der Waals surface area (Å²) >= 11 is 0. The number of aliphatic hydroxyl groups is 1. The summed E-state index contributed by atoms with van der Waals surface area (Å²) in [6.07, 6.45) is 7.11. The maximum Gasteiger partial charge on any atom is 0.305 e. The highest BCUT2D eigenvalue weighted by Crippen LogP contribution is 2.67. The van der Waals surface area contributed by atoms with Crippen LogP contribution in [0.25, 0.3) is 0 Å². The SMILES string of the molecule is CCC(=O)OCC(=O)C1=CC[C@H]2[C@@H]3CCC4=CC(=O)C=C[C@]4(C)[C@@]3(F)[C@H](O)C[C@]12C. The standard InChI is InChI=1S/C24H29FO5/c1-4-21(29)30-13-19(27)18-8-7-16-17-6-5-14-11-15(26)9-10-23(14,3)24(17,25)20(28)12-22(16,18)2/h8-11,16-17,20,28H,4-7,12-13H2,1-3H3/t16-,17-,20+,22-,23-,24-/m0/s1. The Hall–Kier alpha value is -2.08. The molecule has 0 amide bonds. The summed E-state index contributed by atoms with van der Waals surface area (Å²) in [5.41, 5.74) is -2.32. The number of Topliss-reactive ketones (excluding diaryl/α,β-unsaturated/α-hetero) is 1. The van der Waals surface area contributed by atoms with E-state index in [9.17, 15) is 19.5 Å². The molecule has 6 atom stereocenters. The highest BCUT2D eigenvalue weighted by molar-refractivity contribution is 6.01. The maximum absolute atomic E-state index is 16.9. The average molecular weight is 416 g/mol. The fourth-order valence-electron chi connectivity index (χ4n) is 6.54. The van der Waals surface area contributed by atoms with Crippen LogP contribution in [0.5, 0.6) is 0 Å². The summed E-state index contributed by atoms with van der Waals surface area (Å²) < 4.78 is 21.9. The van der Waals surface area contributed by atoms with Gasteiger partial charge in [0, 0.05) is 28.7 Å². The number of carbonyl (C=O) groups is 3. The van der Waals surface area contributed by atoms with Crippen molar-refractivity contribution in [1.29, 1.82) is 0 Å². The number of allylic oxidation sites excluding steroid dienone is 5. The zero-order valence-electron chi connectivity index (χ0n) is 17.7. The summed E-state index contributed by atoms with van der Waals surface area (Å²) in [5, 5.41) is 11.2. The lowest BCUT2D eigenvalue weighted by Crippen LogP contribution is -2.66. The number of aliphatic hydroxyl groups excluding tert-OH is 1. The second-order valence-corrected chi connectivity index (χ2v) is 9.56. The molecular weight excluding hydrogens is 387 g/mol. The van der Waals surface area contributed by atoms with Crippen LogP contribution in [0, 0.1) is 22.7 Å². The van der Waals surface area contributed by atoms with E-state index < -0.39 is 34.5 Å².